The molecule has 2 nitrogen and oxygen atoms in total. The van der Waals surface area contributed by atoms with Gasteiger partial charge in [0.25, 0.3) is 5.91 Å². The lowest BCUT2D eigenvalue weighted by atomic mass is 10.2. The first-order chi connectivity index (χ1) is 6.63. The van der Waals surface area contributed by atoms with Crippen molar-refractivity contribution in [2.75, 3.05) is 6.54 Å². The Labute approximate surface area is 89.6 Å². The third kappa shape index (κ3) is 2.86. The Morgan fingerprint density at radius 2 is 2.29 bits per heavy atom. The van der Waals surface area contributed by atoms with Crippen molar-refractivity contribution in [3.63, 3.8) is 0 Å². The number of benzene rings is 1. The SMILES string of the molecule is C#CCNC(=O)c1cc(F)cc(Br)c1. The Morgan fingerprint density at radius 1 is 1.57 bits per heavy atom. The monoisotopic (exact) mass is 255 g/mol. The fourth-order valence-corrected chi connectivity index (χ4v) is 1.38. The molecule has 4 heteroatoms. The molecule has 14 heavy (non-hydrogen) atoms. The third-order valence-electron chi connectivity index (χ3n) is 1.48. The van der Waals surface area contributed by atoms with Gasteiger partial charge in [-0.05, 0) is 18.2 Å². The third-order valence-corrected chi connectivity index (χ3v) is 1.93. The van der Waals surface area contributed by atoms with Gasteiger partial charge in [0.05, 0.1) is 6.54 Å². The van der Waals surface area contributed by atoms with E-state index >= 15 is 0 Å². The summed E-state index contributed by atoms with van der Waals surface area (Å²) in [5.74, 6) is 1.41. The molecule has 1 aromatic rings. The predicted molar refractivity (Wildman–Crippen MR) is 55.3 cm³/mol. The molecule has 0 atom stereocenters. The summed E-state index contributed by atoms with van der Waals surface area (Å²) in [5, 5.41) is 2.44. The average molecular weight is 256 g/mol. The van der Waals surface area contributed by atoms with Gasteiger partial charge in [0.15, 0.2) is 0 Å². The van der Waals surface area contributed by atoms with Crippen molar-refractivity contribution in [3.8, 4) is 12.3 Å². The van der Waals surface area contributed by atoms with E-state index in [9.17, 15) is 9.18 Å². The lowest BCUT2D eigenvalue weighted by Gasteiger charge is -2.02. The summed E-state index contributed by atoms with van der Waals surface area (Å²) in [5.41, 5.74) is 0.243. The Balaban J connectivity index is 2.85. The van der Waals surface area contributed by atoms with Gasteiger partial charge in [-0.2, -0.15) is 0 Å². The highest BCUT2D eigenvalue weighted by Crippen LogP contribution is 2.14. The first-order valence-corrected chi connectivity index (χ1v) is 4.60. The molecule has 0 spiro atoms. The second-order valence-corrected chi connectivity index (χ2v) is 3.46. The van der Waals surface area contributed by atoms with Crippen molar-refractivity contribution in [1.82, 2.24) is 5.32 Å². The number of amides is 1. The molecule has 0 heterocycles. The fraction of sp³-hybridized carbons (Fsp3) is 0.100. The molecule has 1 amide bonds. The van der Waals surface area contributed by atoms with E-state index in [1.807, 2.05) is 0 Å². The first-order valence-electron chi connectivity index (χ1n) is 3.81. The van der Waals surface area contributed by atoms with Gasteiger partial charge in [-0.1, -0.05) is 21.9 Å². The number of nitrogens with one attached hydrogen (secondary N) is 1. The topological polar surface area (TPSA) is 29.1 Å². The van der Waals surface area contributed by atoms with Crippen LogP contribution < -0.4 is 5.32 Å². The summed E-state index contributed by atoms with van der Waals surface area (Å²) in [7, 11) is 0. The van der Waals surface area contributed by atoms with E-state index < -0.39 is 5.82 Å². The van der Waals surface area contributed by atoms with E-state index in [4.69, 9.17) is 6.42 Å². The maximum atomic E-state index is 12.9. The number of terminal acetylenes is 1. The lowest BCUT2D eigenvalue weighted by molar-refractivity contribution is 0.0958. The van der Waals surface area contributed by atoms with Gasteiger partial charge in [-0.3, -0.25) is 4.79 Å². The highest BCUT2D eigenvalue weighted by Gasteiger charge is 2.06. The molecule has 72 valence electrons. The zero-order valence-corrected chi connectivity index (χ0v) is 8.77. The quantitative estimate of drug-likeness (QED) is 0.805. The Kier molecular flexibility index (Phi) is 3.66. The zero-order valence-electron chi connectivity index (χ0n) is 7.18. The van der Waals surface area contributed by atoms with Crippen LogP contribution in [0.25, 0.3) is 0 Å². The van der Waals surface area contributed by atoms with Crippen molar-refractivity contribution < 1.29 is 9.18 Å². The van der Waals surface area contributed by atoms with E-state index in [1.54, 1.807) is 0 Å². The molecule has 0 saturated heterocycles. The largest absolute Gasteiger partial charge is 0.341 e. The molecule has 1 rings (SSSR count). The minimum atomic E-state index is -0.467. The van der Waals surface area contributed by atoms with Crippen molar-refractivity contribution in [2.24, 2.45) is 0 Å². The molecule has 0 fully saturated rings. The van der Waals surface area contributed by atoms with Crippen LogP contribution in [0.5, 0.6) is 0 Å². The van der Waals surface area contributed by atoms with E-state index in [1.165, 1.54) is 12.1 Å². The fourth-order valence-electron chi connectivity index (χ4n) is 0.918. The Hall–Kier alpha value is -1.34. The van der Waals surface area contributed by atoms with Crippen LogP contribution in [0.1, 0.15) is 10.4 Å². The van der Waals surface area contributed by atoms with E-state index in [2.05, 4.69) is 27.2 Å². The van der Waals surface area contributed by atoms with Gasteiger partial charge < -0.3 is 5.32 Å². The molecule has 0 saturated carbocycles. The second-order valence-electron chi connectivity index (χ2n) is 2.54. The standard InChI is InChI=1S/C10H7BrFNO/c1-2-3-13-10(14)7-4-8(11)6-9(12)5-7/h1,4-6H,3H2,(H,13,14). The predicted octanol–water partition coefficient (Wildman–Crippen LogP) is 1.95. The van der Waals surface area contributed by atoms with Gasteiger partial charge >= 0.3 is 0 Å². The normalized spacial score (nSPS) is 9.21. The van der Waals surface area contributed by atoms with Crippen molar-refractivity contribution in [1.29, 1.82) is 0 Å². The van der Waals surface area contributed by atoms with Crippen molar-refractivity contribution >= 4 is 21.8 Å². The molecule has 0 radical (unpaired) electrons. The van der Waals surface area contributed by atoms with Crippen LogP contribution in [0.3, 0.4) is 0 Å². The molecule has 0 unspecified atom stereocenters. The Morgan fingerprint density at radius 3 is 2.86 bits per heavy atom. The molecule has 1 aromatic carbocycles. The van der Waals surface area contributed by atoms with Crippen LogP contribution in [0.4, 0.5) is 4.39 Å². The summed E-state index contributed by atoms with van der Waals surface area (Å²) in [6.07, 6.45) is 4.97. The van der Waals surface area contributed by atoms with Crippen molar-refractivity contribution in [2.45, 2.75) is 0 Å². The van der Waals surface area contributed by atoms with E-state index in [0.29, 0.717) is 4.47 Å². The number of carbonyl (C=O) groups excluding carboxylic acids is 1. The summed E-state index contributed by atoms with van der Waals surface area (Å²) in [6, 6.07) is 3.95. The van der Waals surface area contributed by atoms with E-state index in [-0.39, 0.29) is 18.0 Å². The van der Waals surface area contributed by atoms with Gasteiger partial charge in [0.2, 0.25) is 0 Å². The maximum Gasteiger partial charge on any atom is 0.252 e. The number of carbonyl (C=O) groups is 1. The van der Waals surface area contributed by atoms with Gasteiger partial charge in [-0.15, -0.1) is 6.42 Å². The molecule has 0 aliphatic heterocycles. The van der Waals surface area contributed by atoms with E-state index in [0.717, 1.165) is 6.07 Å². The minimum absolute atomic E-state index is 0.132. The van der Waals surface area contributed by atoms with Gasteiger partial charge in [-0.25, -0.2) is 4.39 Å². The average Bonchev–Trinajstić information content (AvgIpc) is 2.12. The van der Waals surface area contributed by atoms with Crippen LogP contribution in [0.15, 0.2) is 22.7 Å². The minimum Gasteiger partial charge on any atom is -0.341 e. The Bertz CT molecular complexity index is 377. The van der Waals surface area contributed by atoms with Crippen LogP contribution in [0, 0.1) is 18.2 Å². The second kappa shape index (κ2) is 4.77. The molecule has 0 aliphatic carbocycles. The summed E-state index contributed by atoms with van der Waals surface area (Å²) in [6.45, 7) is 0.132. The molecular formula is C10H7BrFNO. The maximum absolute atomic E-state index is 12.9. The number of rotatable bonds is 2. The van der Waals surface area contributed by atoms with Crippen LogP contribution in [-0.4, -0.2) is 12.5 Å². The molecule has 0 aliphatic rings. The molecule has 1 N–H and O–H groups in total. The highest BCUT2D eigenvalue weighted by atomic mass is 79.9. The molecule has 0 aromatic heterocycles. The first kappa shape index (κ1) is 10.7. The van der Waals surface area contributed by atoms with Crippen LogP contribution in [-0.2, 0) is 0 Å². The molecular weight excluding hydrogens is 249 g/mol. The van der Waals surface area contributed by atoms with Crippen LogP contribution >= 0.6 is 15.9 Å². The number of halogens is 2. The number of hydrogen-bond acceptors (Lipinski definition) is 1. The van der Waals surface area contributed by atoms with Crippen LogP contribution in [0.2, 0.25) is 0 Å². The number of hydrogen-bond donors (Lipinski definition) is 1. The van der Waals surface area contributed by atoms with Crippen molar-refractivity contribution in [3.05, 3.63) is 34.1 Å². The highest BCUT2D eigenvalue weighted by molar-refractivity contribution is 9.10. The van der Waals surface area contributed by atoms with Gasteiger partial charge in [0.1, 0.15) is 5.82 Å². The van der Waals surface area contributed by atoms with Gasteiger partial charge in [0, 0.05) is 10.0 Å². The summed E-state index contributed by atoms with van der Waals surface area (Å²) >= 11 is 3.09. The lowest BCUT2D eigenvalue weighted by Crippen LogP contribution is -2.23. The zero-order chi connectivity index (χ0) is 10.6. The molecule has 0 bridgehead atoms. The smallest absolute Gasteiger partial charge is 0.252 e. The summed E-state index contributed by atoms with van der Waals surface area (Å²) in [4.78, 5) is 11.3. The summed E-state index contributed by atoms with van der Waals surface area (Å²) < 4.78 is 13.4.